The van der Waals surface area contributed by atoms with Gasteiger partial charge >= 0.3 is 6.36 Å². The lowest BCUT2D eigenvalue weighted by Crippen LogP contribution is -2.38. The standard InChI is InChI=1S/C17H19F3N4O3S/c18-17(19,20)27-11-3-4-12-13(9-11)28-16(22-12)23-14(25)8-10-2-1-7-24(10)15(26)5-6-21/h3-4,9-10H,1-2,5-8,21H2,(H,22,23,25)/t10-/m0/s1. The third-order valence-electron chi connectivity index (χ3n) is 4.32. The number of anilines is 1. The van der Waals surface area contributed by atoms with Crippen molar-refractivity contribution in [1.29, 1.82) is 0 Å². The number of carbonyl (C=O) groups is 2. The molecular weight excluding hydrogens is 397 g/mol. The number of aromatic nitrogens is 1. The number of nitrogens with two attached hydrogens (primary N) is 1. The number of amides is 2. The maximum atomic E-state index is 12.3. The number of thiazole rings is 1. The summed E-state index contributed by atoms with van der Waals surface area (Å²) in [5, 5.41) is 2.94. The van der Waals surface area contributed by atoms with Gasteiger partial charge in [0.25, 0.3) is 0 Å². The van der Waals surface area contributed by atoms with E-state index in [0.717, 1.165) is 24.2 Å². The summed E-state index contributed by atoms with van der Waals surface area (Å²) in [4.78, 5) is 30.3. The molecule has 28 heavy (non-hydrogen) atoms. The van der Waals surface area contributed by atoms with Crippen LogP contribution in [0.2, 0.25) is 0 Å². The van der Waals surface area contributed by atoms with Crippen LogP contribution in [0.15, 0.2) is 18.2 Å². The van der Waals surface area contributed by atoms with Gasteiger partial charge in [-0.2, -0.15) is 0 Å². The molecule has 0 aliphatic carbocycles. The summed E-state index contributed by atoms with van der Waals surface area (Å²) < 4.78 is 41.3. The van der Waals surface area contributed by atoms with E-state index in [4.69, 9.17) is 5.73 Å². The Labute approximate surface area is 162 Å². The number of rotatable bonds is 6. The van der Waals surface area contributed by atoms with Gasteiger partial charge in [0.2, 0.25) is 11.8 Å². The second-order valence-corrected chi connectivity index (χ2v) is 7.40. The lowest BCUT2D eigenvalue weighted by molar-refractivity contribution is -0.274. The number of carbonyl (C=O) groups excluding carboxylic acids is 2. The van der Waals surface area contributed by atoms with Gasteiger partial charge < -0.3 is 20.7 Å². The Hall–Kier alpha value is -2.40. The van der Waals surface area contributed by atoms with Crippen LogP contribution in [0, 0.1) is 0 Å². The molecule has 2 heterocycles. The Morgan fingerprint density at radius 3 is 2.89 bits per heavy atom. The fourth-order valence-corrected chi connectivity index (χ4v) is 4.09. The molecule has 2 amide bonds. The monoisotopic (exact) mass is 416 g/mol. The second kappa shape index (κ2) is 8.31. The number of hydrogen-bond donors (Lipinski definition) is 2. The van der Waals surface area contributed by atoms with Crippen molar-refractivity contribution in [3.05, 3.63) is 18.2 Å². The molecule has 0 saturated carbocycles. The number of alkyl halides is 3. The van der Waals surface area contributed by atoms with Crippen LogP contribution in [0.25, 0.3) is 10.2 Å². The van der Waals surface area contributed by atoms with Gasteiger partial charge in [0, 0.05) is 38.0 Å². The molecule has 0 unspecified atom stereocenters. The number of nitrogens with one attached hydrogen (secondary N) is 1. The van der Waals surface area contributed by atoms with Gasteiger partial charge in [-0.25, -0.2) is 4.98 Å². The van der Waals surface area contributed by atoms with Crippen LogP contribution in [-0.4, -0.2) is 47.2 Å². The van der Waals surface area contributed by atoms with Crippen LogP contribution in [0.3, 0.4) is 0 Å². The molecule has 0 bridgehead atoms. The Morgan fingerprint density at radius 1 is 1.39 bits per heavy atom. The first kappa shape index (κ1) is 20.3. The summed E-state index contributed by atoms with van der Waals surface area (Å²) >= 11 is 1.05. The molecule has 11 heteroatoms. The zero-order valence-corrected chi connectivity index (χ0v) is 15.6. The van der Waals surface area contributed by atoms with Crippen LogP contribution in [0.5, 0.6) is 5.75 Å². The van der Waals surface area contributed by atoms with Crippen molar-refractivity contribution in [2.24, 2.45) is 5.73 Å². The molecule has 152 valence electrons. The number of nitrogens with zero attached hydrogens (tertiary/aromatic N) is 2. The molecule has 3 rings (SSSR count). The first-order chi connectivity index (χ1) is 13.2. The topological polar surface area (TPSA) is 97.6 Å². The quantitative estimate of drug-likeness (QED) is 0.755. The van der Waals surface area contributed by atoms with Crippen molar-refractivity contribution in [2.75, 3.05) is 18.4 Å². The highest BCUT2D eigenvalue weighted by molar-refractivity contribution is 7.22. The maximum absolute atomic E-state index is 12.3. The fourth-order valence-electron chi connectivity index (χ4n) is 3.18. The summed E-state index contributed by atoms with van der Waals surface area (Å²) in [5.41, 5.74) is 5.88. The van der Waals surface area contributed by atoms with E-state index in [2.05, 4.69) is 15.0 Å². The Bertz CT molecular complexity index is 871. The third-order valence-corrected chi connectivity index (χ3v) is 5.25. The predicted molar refractivity (Wildman–Crippen MR) is 98.0 cm³/mol. The van der Waals surface area contributed by atoms with Crippen LogP contribution in [0.1, 0.15) is 25.7 Å². The number of likely N-dealkylation sites (tertiary alicyclic amines) is 1. The number of hydrogen-bond acceptors (Lipinski definition) is 6. The van der Waals surface area contributed by atoms with Gasteiger partial charge in [-0.1, -0.05) is 11.3 Å². The zero-order valence-electron chi connectivity index (χ0n) is 14.8. The smallest absolute Gasteiger partial charge is 0.406 e. The lowest BCUT2D eigenvalue weighted by atomic mass is 10.1. The summed E-state index contributed by atoms with van der Waals surface area (Å²) in [7, 11) is 0. The molecule has 1 atom stereocenters. The Balaban J connectivity index is 1.63. The van der Waals surface area contributed by atoms with Gasteiger partial charge in [-0.3, -0.25) is 9.59 Å². The maximum Gasteiger partial charge on any atom is 0.573 e. The number of benzene rings is 1. The first-order valence-electron chi connectivity index (χ1n) is 8.71. The molecular formula is C17H19F3N4O3S. The van der Waals surface area contributed by atoms with E-state index in [0.29, 0.717) is 16.8 Å². The minimum Gasteiger partial charge on any atom is -0.406 e. The van der Waals surface area contributed by atoms with Gasteiger partial charge in [0.15, 0.2) is 5.13 Å². The van der Waals surface area contributed by atoms with Crippen molar-refractivity contribution in [1.82, 2.24) is 9.88 Å². The summed E-state index contributed by atoms with van der Waals surface area (Å²) in [6, 6.07) is 3.61. The minimum atomic E-state index is -4.77. The van der Waals surface area contributed by atoms with E-state index in [1.807, 2.05) is 0 Å². The molecule has 1 aromatic heterocycles. The van der Waals surface area contributed by atoms with E-state index >= 15 is 0 Å². The largest absolute Gasteiger partial charge is 0.573 e. The zero-order chi connectivity index (χ0) is 20.3. The summed E-state index contributed by atoms with van der Waals surface area (Å²) in [6.07, 6.45) is -2.82. The molecule has 0 spiro atoms. The molecule has 3 N–H and O–H groups in total. The fraction of sp³-hybridized carbons (Fsp3) is 0.471. The average molecular weight is 416 g/mol. The van der Waals surface area contributed by atoms with Gasteiger partial charge in [-0.15, -0.1) is 13.2 Å². The van der Waals surface area contributed by atoms with Crippen molar-refractivity contribution in [2.45, 2.75) is 38.1 Å². The SMILES string of the molecule is NCCC(=O)N1CCC[C@H]1CC(=O)Nc1nc2ccc(OC(F)(F)F)cc2s1. The Kier molecular flexibility index (Phi) is 6.04. The van der Waals surface area contributed by atoms with Gasteiger partial charge in [-0.05, 0) is 25.0 Å². The normalized spacial score (nSPS) is 17.1. The van der Waals surface area contributed by atoms with Crippen LogP contribution in [0.4, 0.5) is 18.3 Å². The third kappa shape index (κ3) is 5.10. The predicted octanol–water partition coefficient (Wildman–Crippen LogP) is 2.86. The van der Waals surface area contributed by atoms with Crippen molar-refractivity contribution >= 4 is 38.5 Å². The minimum absolute atomic E-state index is 0.0602. The van der Waals surface area contributed by atoms with Crippen molar-refractivity contribution in [3.63, 3.8) is 0 Å². The Morgan fingerprint density at radius 2 is 2.18 bits per heavy atom. The molecule has 1 saturated heterocycles. The number of ether oxygens (including phenoxy) is 1. The van der Waals surface area contributed by atoms with E-state index in [-0.39, 0.29) is 48.1 Å². The molecule has 7 nitrogen and oxygen atoms in total. The highest BCUT2D eigenvalue weighted by atomic mass is 32.1. The summed E-state index contributed by atoms with van der Waals surface area (Å²) in [5.74, 6) is -0.709. The van der Waals surface area contributed by atoms with Crippen molar-refractivity contribution in [3.8, 4) is 5.75 Å². The number of fused-ring (bicyclic) bond motifs is 1. The molecule has 1 fully saturated rings. The van der Waals surface area contributed by atoms with E-state index in [1.165, 1.54) is 18.2 Å². The average Bonchev–Trinajstić information content (AvgIpc) is 3.19. The second-order valence-electron chi connectivity index (χ2n) is 6.37. The van der Waals surface area contributed by atoms with Crippen LogP contribution < -0.4 is 15.8 Å². The van der Waals surface area contributed by atoms with Crippen LogP contribution in [-0.2, 0) is 9.59 Å². The highest BCUT2D eigenvalue weighted by Crippen LogP contribution is 2.32. The molecule has 2 aromatic rings. The molecule has 1 aliphatic rings. The number of halogens is 3. The van der Waals surface area contributed by atoms with Crippen molar-refractivity contribution < 1.29 is 27.5 Å². The first-order valence-corrected chi connectivity index (χ1v) is 9.52. The van der Waals surface area contributed by atoms with E-state index in [1.54, 1.807) is 4.90 Å². The van der Waals surface area contributed by atoms with Gasteiger partial charge in [0.05, 0.1) is 10.2 Å². The lowest BCUT2D eigenvalue weighted by Gasteiger charge is -2.24. The van der Waals surface area contributed by atoms with E-state index in [9.17, 15) is 22.8 Å². The van der Waals surface area contributed by atoms with E-state index < -0.39 is 6.36 Å². The highest BCUT2D eigenvalue weighted by Gasteiger charge is 2.31. The molecule has 0 radical (unpaired) electrons. The summed E-state index contributed by atoms with van der Waals surface area (Å²) in [6.45, 7) is 0.875. The molecule has 1 aromatic carbocycles. The molecule has 1 aliphatic heterocycles. The van der Waals surface area contributed by atoms with Crippen LogP contribution >= 0.6 is 11.3 Å². The van der Waals surface area contributed by atoms with Gasteiger partial charge in [0.1, 0.15) is 5.75 Å².